The van der Waals surface area contributed by atoms with E-state index < -0.39 is 5.97 Å². The van der Waals surface area contributed by atoms with Crippen LogP contribution in [0.3, 0.4) is 0 Å². The van der Waals surface area contributed by atoms with Gasteiger partial charge < -0.3 is 15.2 Å². The highest BCUT2D eigenvalue weighted by Gasteiger charge is 2.02. The molecule has 0 aromatic heterocycles. The number of carbonyl (C=O) groups is 2. The summed E-state index contributed by atoms with van der Waals surface area (Å²) < 4.78 is 4.96. The van der Waals surface area contributed by atoms with Crippen molar-refractivity contribution in [1.82, 2.24) is 0 Å². The van der Waals surface area contributed by atoms with Crippen LogP contribution in [0.1, 0.15) is 0 Å². The number of carboxylic acids is 1. The molecule has 0 aliphatic carbocycles. The zero-order chi connectivity index (χ0) is 12.7. The lowest BCUT2D eigenvalue weighted by molar-refractivity contribution is -0.139. The van der Waals surface area contributed by atoms with Crippen molar-refractivity contribution in [2.45, 2.75) is 0 Å². The van der Waals surface area contributed by atoms with Crippen molar-refractivity contribution in [3.63, 3.8) is 0 Å². The number of carboxylic acid groups (broad SMARTS) is 1. The van der Waals surface area contributed by atoms with Gasteiger partial charge in [-0.2, -0.15) is 11.8 Å². The third-order valence-electron chi connectivity index (χ3n) is 1.78. The fourth-order valence-electron chi connectivity index (χ4n) is 1.11. The highest BCUT2D eigenvalue weighted by Crippen LogP contribution is 2.15. The van der Waals surface area contributed by atoms with E-state index >= 15 is 0 Å². The van der Waals surface area contributed by atoms with Crippen molar-refractivity contribution in [3.05, 3.63) is 24.3 Å². The predicted octanol–water partition coefficient (Wildman–Crippen LogP) is 1.45. The first-order valence-electron chi connectivity index (χ1n) is 4.85. The van der Waals surface area contributed by atoms with E-state index in [0.717, 1.165) is 0 Å². The van der Waals surface area contributed by atoms with Crippen LogP contribution >= 0.6 is 11.8 Å². The maximum Gasteiger partial charge on any atom is 0.341 e. The average molecular weight is 255 g/mol. The van der Waals surface area contributed by atoms with Crippen molar-refractivity contribution >= 4 is 29.3 Å². The molecule has 0 radical (unpaired) electrons. The molecule has 0 unspecified atom stereocenters. The summed E-state index contributed by atoms with van der Waals surface area (Å²) >= 11 is 1.44. The lowest BCUT2D eigenvalue weighted by Crippen LogP contribution is -2.13. The molecule has 0 heterocycles. The highest BCUT2D eigenvalue weighted by atomic mass is 32.2. The number of rotatable bonds is 6. The van der Waals surface area contributed by atoms with Gasteiger partial charge in [-0.1, -0.05) is 0 Å². The van der Waals surface area contributed by atoms with E-state index in [9.17, 15) is 9.59 Å². The molecule has 2 N–H and O–H groups in total. The van der Waals surface area contributed by atoms with Crippen molar-refractivity contribution in [3.8, 4) is 5.75 Å². The lowest BCUT2D eigenvalue weighted by Gasteiger charge is -2.06. The molecule has 6 heteroatoms. The Morgan fingerprint density at radius 3 is 2.53 bits per heavy atom. The Labute approximate surface area is 103 Å². The minimum atomic E-state index is -1.03. The van der Waals surface area contributed by atoms with E-state index in [1.165, 1.54) is 11.8 Å². The van der Waals surface area contributed by atoms with Crippen LogP contribution in [0, 0.1) is 0 Å². The second kappa shape index (κ2) is 6.80. The van der Waals surface area contributed by atoms with Gasteiger partial charge in [0.05, 0.1) is 5.75 Å². The van der Waals surface area contributed by atoms with Gasteiger partial charge in [0.1, 0.15) is 5.75 Å². The standard InChI is InChI=1S/C11H13NO4S/c1-17-7-10(13)12-8-2-4-9(5-3-8)16-6-11(14)15/h2-5H,6-7H2,1H3,(H,12,13)(H,14,15). The molecule has 1 rings (SSSR count). The maximum atomic E-state index is 11.3. The fourth-order valence-corrected chi connectivity index (χ4v) is 1.44. The van der Waals surface area contributed by atoms with Crippen LogP contribution in [-0.2, 0) is 9.59 Å². The number of carbonyl (C=O) groups excluding carboxylic acids is 1. The molecule has 1 aromatic rings. The van der Waals surface area contributed by atoms with Crippen molar-refractivity contribution < 1.29 is 19.4 Å². The number of hydrogen-bond donors (Lipinski definition) is 2. The van der Waals surface area contributed by atoms with Crippen molar-refractivity contribution in [1.29, 1.82) is 0 Å². The van der Waals surface area contributed by atoms with Crippen LogP contribution in [0.25, 0.3) is 0 Å². The van der Waals surface area contributed by atoms with E-state index in [-0.39, 0.29) is 12.5 Å². The van der Waals surface area contributed by atoms with Gasteiger partial charge in [0, 0.05) is 5.69 Å². The molecule has 17 heavy (non-hydrogen) atoms. The Morgan fingerprint density at radius 1 is 1.35 bits per heavy atom. The van der Waals surface area contributed by atoms with Crippen LogP contribution in [0.15, 0.2) is 24.3 Å². The van der Waals surface area contributed by atoms with Gasteiger partial charge in [-0.25, -0.2) is 4.79 Å². The number of anilines is 1. The van der Waals surface area contributed by atoms with E-state index in [1.54, 1.807) is 24.3 Å². The molecule has 0 aliphatic heterocycles. The molecule has 0 fully saturated rings. The first-order chi connectivity index (χ1) is 8.11. The van der Waals surface area contributed by atoms with Gasteiger partial charge in [-0.3, -0.25) is 4.79 Å². The first kappa shape index (κ1) is 13.4. The average Bonchev–Trinajstić information content (AvgIpc) is 2.28. The summed E-state index contributed by atoms with van der Waals surface area (Å²) in [7, 11) is 0. The quantitative estimate of drug-likeness (QED) is 0.804. The molecule has 0 saturated heterocycles. The number of nitrogens with one attached hydrogen (secondary N) is 1. The van der Waals surface area contributed by atoms with Crippen molar-refractivity contribution in [2.75, 3.05) is 23.9 Å². The van der Waals surface area contributed by atoms with Crippen LogP contribution in [0.5, 0.6) is 5.75 Å². The molecule has 92 valence electrons. The molecule has 5 nitrogen and oxygen atoms in total. The molecular weight excluding hydrogens is 242 g/mol. The summed E-state index contributed by atoms with van der Waals surface area (Å²) in [6, 6.07) is 6.54. The van der Waals surface area contributed by atoms with Gasteiger partial charge in [-0.05, 0) is 30.5 Å². The number of thioether (sulfide) groups is 1. The Kier molecular flexibility index (Phi) is 5.35. The van der Waals surface area contributed by atoms with Gasteiger partial charge in [-0.15, -0.1) is 0 Å². The number of amides is 1. The van der Waals surface area contributed by atoms with Crippen molar-refractivity contribution in [2.24, 2.45) is 0 Å². The molecule has 1 amide bonds. The SMILES string of the molecule is CSCC(=O)Nc1ccc(OCC(=O)O)cc1. The van der Waals surface area contributed by atoms with Gasteiger partial charge in [0.2, 0.25) is 5.91 Å². The summed E-state index contributed by atoms with van der Waals surface area (Å²) in [5.41, 5.74) is 0.659. The monoisotopic (exact) mass is 255 g/mol. The third-order valence-corrected chi connectivity index (χ3v) is 2.33. The zero-order valence-corrected chi connectivity index (χ0v) is 10.1. The second-order valence-corrected chi connectivity index (χ2v) is 4.05. The van der Waals surface area contributed by atoms with E-state index in [2.05, 4.69) is 5.32 Å². The van der Waals surface area contributed by atoms with E-state index in [4.69, 9.17) is 9.84 Å². The summed E-state index contributed by atoms with van der Waals surface area (Å²) in [6.07, 6.45) is 1.85. The van der Waals surface area contributed by atoms with Gasteiger partial charge in [0.25, 0.3) is 0 Å². The van der Waals surface area contributed by atoms with Crippen LogP contribution in [-0.4, -0.2) is 35.6 Å². The Balaban J connectivity index is 2.49. The highest BCUT2D eigenvalue weighted by molar-refractivity contribution is 7.99. The second-order valence-electron chi connectivity index (χ2n) is 3.19. The molecular formula is C11H13NO4S. The lowest BCUT2D eigenvalue weighted by atomic mass is 10.3. The summed E-state index contributed by atoms with van der Waals surface area (Å²) in [6.45, 7) is -0.377. The number of hydrogen-bond acceptors (Lipinski definition) is 4. The number of aliphatic carboxylic acids is 1. The number of benzene rings is 1. The Hall–Kier alpha value is -1.69. The summed E-state index contributed by atoms with van der Waals surface area (Å²) in [4.78, 5) is 21.5. The minimum absolute atomic E-state index is 0.0725. The molecule has 0 saturated carbocycles. The first-order valence-corrected chi connectivity index (χ1v) is 6.24. The number of ether oxygens (including phenoxy) is 1. The maximum absolute atomic E-state index is 11.3. The summed E-state index contributed by atoms with van der Waals surface area (Å²) in [5, 5.41) is 11.1. The Morgan fingerprint density at radius 2 is 2.00 bits per heavy atom. The van der Waals surface area contributed by atoms with Crippen LogP contribution < -0.4 is 10.1 Å². The predicted molar refractivity (Wildman–Crippen MR) is 66.6 cm³/mol. The molecule has 0 aliphatic rings. The Bertz CT molecular complexity index is 391. The normalized spacial score (nSPS) is 9.71. The topological polar surface area (TPSA) is 75.6 Å². The minimum Gasteiger partial charge on any atom is -0.482 e. The molecule has 0 atom stereocenters. The van der Waals surface area contributed by atoms with Crippen LogP contribution in [0.4, 0.5) is 5.69 Å². The molecule has 0 bridgehead atoms. The van der Waals surface area contributed by atoms with Gasteiger partial charge >= 0.3 is 5.97 Å². The zero-order valence-electron chi connectivity index (χ0n) is 9.30. The summed E-state index contributed by atoms with van der Waals surface area (Å²) in [5.74, 6) is -0.244. The molecule has 1 aromatic carbocycles. The third kappa shape index (κ3) is 5.26. The fraction of sp³-hybridized carbons (Fsp3) is 0.273. The molecule has 0 spiro atoms. The van der Waals surface area contributed by atoms with E-state index in [0.29, 0.717) is 17.2 Å². The van der Waals surface area contributed by atoms with E-state index in [1.807, 2.05) is 6.26 Å². The smallest absolute Gasteiger partial charge is 0.341 e. The van der Waals surface area contributed by atoms with Gasteiger partial charge in [0.15, 0.2) is 6.61 Å². The van der Waals surface area contributed by atoms with Crippen LogP contribution in [0.2, 0.25) is 0 Å². The largest absolute Gasteiger partial charge is 0.482 e.